The molecule has 7 heteroatoms. The Morgan fingerprint density at radius 1 is 1.10 bits per heavy atom. The summed E-state index contributed by atoms with van der Waals surface area (Å²) in [6, 6.07) is 10.5. The van der Waals surface area contributed by atoms with Gasteiger partial charge in [-0.05, 0) is 17.7 Å². The standard InChI is InChI=1S/C14H12BF3NO.K/c16-15(17,18)13-9-14(11-19-10-13)20-8-4-7-12-5-2-1-3-6-12;/h1-7,9-11H,8H2;/q-1;+1. The molecule has 1 aromatic heterocycles. The number of pyridine rings is 1. The van der Waals surface area contributed by atoms with Crippen LogP contribution in [0, 0.1) is 0 Å². The maximum atomic E-state index is 12.5. The van der Waals surface area contributed by atoms with Crippen molar-refractivity contribution < 1.29 is 69.1 Å². The molecule has 2 nitrogen and oxygen atoms in total. The Balaban J connectivity index is 0.00000220. The number of ether oxygens (including phenoxy) is 1. The van der Waals surface area contributed by atoms with E-state index in [-0.39, 0.29) is 63.7 Å². The fraction of sp³-hybridized carbons (Fsp3) is 0.0714. The molecule has 0 aliphatic rings. The third-order valence-corrected chi connectivity index (χ3v) is 2.57. The summed E-state index contributed by atoms with van der Waals surface area (Å²) in [4.78, 5) is 3.53. The number of rotatable bonds is 5. The number of hydrogen-bond acceptors (Lipinski definition) is 2. The van der Waals surface area contributed by atoms with Gasteiger partial charge in [0.25, 0.3) is 0 Å². The molecular weight excluding hydrogens is 305 g/mol. The molecule has 0 amide bonds. The summed E-state index contributed by atoms with van der Waals surface area (Å²) in [5, 5.41) is 0. The number of aromatic nitrogens is 1. The normalized spacial score (nSPS) is 11.2. The molecule has 0 fully saturated rings. The first-order valence-corrected chi connectivity index (χ1v) is 6.05. The first kappa shape index (κ1) is 18.5. The van der Waals surface area contributed by atoms with E-state index in [1.165, 1.54) is 6.20 Å². The maximum absolute atomic E-state index is 12.5. The maximum Gasteiger partial charge on any atom is 1.00 e. The van der Waals surface area contributed by atoms with E-state index in [1.807, 2.05) is 36.4 Å². The Morgan fingerprint density at radius 2 is 1.81 bits per heavy atom. The summed E-state index contributed by atoms with van der Waals surface area (Å²) < 4.78 is 42.8. The zero-order valence-electron chi connectivity index (χ0n) is 11.5. The quantitative estimate of drug-likeness (QED) is 0.737. The van der Waals surface area contributed by atoms with Crippen LogP contribution in [0.25, 0.3) is 6.08 Å². The molecule has 1 heterocycles. The molecule has 0 spiro atoms. The van der Waals surface area contributed by atoms with Gasteiger partial charge in [-0.15, -0.1) is 0 Å². The van der Waals surface area contributed by atoms with Crippen LogP contribution >= 0.6 is 0 Å². The molecule has 0 saturated carbocycles. The van der Waals surface area contributed by atoms with Crippen LogP contribution < -0.4 is 61.6 Å². The Morgan fingerprint density at radius 3 is 2.48 bits per heavy atom. The average molecular weight is 317 g/mol. The zero-order chi connectivity index (χ0) is 14.4. The van der Waals surface area contributed by atoms with E-state index in [9.17, 15) is 12.9 Å². The molecule has 0 unspecified atom stereocenters. The molecule has 0 saturated heterocycles. The molecule has 2 aromatic rings. The van der Waals surface area contributed by atoms with E-state index in [0.717, 1.165) is 17.8 Å². The van der Waals surface area contributed by atoms with Gasteiger partial charge in [-0.25, -0.2) is 0 Å². The molecule has 0 radical (unpaired) electrons. The second-order valence-electron chi connectivity index (χ2n) is 4.15. The minimum Gasteiger partial charge on any atom is -0.488 e. The van der Waals surface area contributed by atoms with E-state index in [1.54, 1.807) is 6.08 Å². The summed E-state index contributed by atoms with van der Waals surface area (Å²) >= 11 is 0. The van der Waals surface area contributed by atoms with Crippen molar-refractivity contribution in [2.75, 3.05) is 6.61 Å². The van der Waals surface area contributed by atoms with Crippen LogP contribution in [-0.2, 0) is 0 Å². The van der Waals surface area contributed by atoms with Gasteiger partial charge in [-0.3, -0.25) is 4.98 Å². The monoisotopic (exact) mass is 317 g/mol. The van der Waals surface area contributed by atoms with Crippen molar-refractivity contribution in [2.45, 2.75) is 0 Å². The summed E-state index contributed by atoms with van der Waals surface area (Å²) in [7, 11) is 0. The second kappa shape index (κ2) is 8.75. The molecule has 0 aliphatic carbocycles. The van der Waals surface area contributed by atoms with E-state index >= 15 is 0 Å². The minimum atomic E-state index is -5.05. The molecule has 0 bridgehead atoms. The van der Waals surface area contributed by atoms with Gasteiger partial charge in [0.05, 0.1) is 6.20 Å². The van der Waals surface area contributed by atoms with Gasteiger partial charge in [-0.1, -0.05) is 41.9 Å². The van der Waals surface area contributed by atoms with Crippen molar-refractivity contribution in [3.8, 4) is 5.75 Å². The van der Waals surface area contributed by atoms with Crippen LogP contribution in [-0.4, -0.2) is 18.6 Å². The Labute approximate surface area is 163 Å². The van der Waals surface area contributed by atoms with Gasteiger partial charge in [0, 0.05) is 6.20 Å². The smallest absolute Gasteiger partial charge is 0.488 e. The summed E-state index contributed by atoms with van der Waals surface area (Å²) in [5.74, 6) is 0.111. The third kappa shape index (κ3) is 6.36. The van der Waals surface area contributed by atoms with Crippen LogP contribution in [0.2, 0.25) is 0 Å². The van der Waals surface area contributed by atoms with Gasteiger partial charge < -0.3 is 17.7 Å². The van der Waals surface area contributed by atoms with Gasteiger partial charge in [0.2, 0.25) is 0 Å². The minimum absolute atomic E-state index is 0. The van der Waals surface area contributed by atoms with Crippen molar-refractivity contribution in [1.82, 2.24) is 4.98 Å². The second-order valence-corrected chi connectivity index (χ2v) is 4.15. The van der Waals surface area contributed by atoms with Crippen molar-refractivity contribution in [3.05, 3.63) is 60.4 Å². The van der Waals surface area contributed by atoms with Crippen LogP contribution in [0.1, 0.15) is 5.56 Å². The predicted octanol–water partition coefficient (Wildman–Crippen LogP) is 0.232. The van der Waals surface area contributed by atoms with E-state index < -0.39 is 12.4 Å². The molecular formula is C14H12BF3KNO. The number of nitrogens with zero attached hydrogens (tertiary/aromatic N) is 1. The van der Waals surface area contributed by atoms with E-state index in [4.69, 9.17) is 4.74 Å². The van der Waals surface area contributed by atoms with Crippen molar-refractivity contribution in [3.63, 3.8) is 0 Å². The van der Waals surface area contributed by atoms with Crippen molar-refractivity contribution in [1.29, 1.82) is 0 Å². The van der Waals surface area contributed by atoms with Crippen LogP contribution in [0.4, 0.5) is 12.9 Å². The molecule has 21 heavy (non-hydrogen) atoms. The zero-order valence-corrected chi connectivity index (χ0v) is 14.7. The Bertz CT molecular complexity index is 590. The molecule has 0 atom stereocenters. The largest absolute Gasteiger partial charge is 1.00 e. The first-order chi connectivity index (χ1) is 9.55. The third-order valence-electron chi connectivity index (χ3n) is 2.57. The van der Waals surface area contributed by atoms with Gasteiger partial charge in [0.15, 0.2) is 0 Å². The van der Waals surface area contributed by atoms with E-state index in [0.29, 0.717) is 0 Å². The molecule has 0 N–H and O–H groups in total. The fourth-order valence-corrected chi connectivity index (χ4v) is 1.59. The van der Waals surface area contributed by atoms with Gasteiger partial charge in [-0.2, -0.15) is 0 Å². The van der Waals surface area contributed by atoms with Crippen LogP contribution in [0.3, 0.4) is 0 Å². The SMILES string of the molecule is F[B-](F)(F)c1cncc(OCC=Cc2ccccc2)c1.[K+]. The molecule has 1 aromatic carbocycles. The molecule has 0 aliphatic heterocycles. The Kier molecular flexibility index (Phi) is 7.69. The summed E-state index contributed by atoms with van der Waals surface area (Å²) in [5.41, 5.74) is 0.246. The topological polar surface area (TPSA) is 22.1 Å². The predicted molar refractivity (Wildman–Crippen MR) is 73.9 cm³/mol. The molecule has 2 rings (SSSR count). The van der Waals surface area contributed by atoms with Crippen LogP contribution in [0.5, 0.6) is 5.75 Å². The average Bonchev–Trinajstić information content (AvgIpc) is 2.44. The Hall–Kier alpha value is -0.599. The first-order valence-electron chi connectivity index (χ1n) is 6.05. The molecule has 104 valence electrons. The number of hydrogen-bond donors (Lipinski definition) is 0. The van der Waals surface area contributed by atoms with Crippen LogP contribution in [0.15, 0.2) is 54.9 Å². The fourth-order valence-electron chi connectivity index (χ4n) is 1.59. The number of benzene rings is 1. The number of halogens is 3. The summed E-state index contributed by atoms with van der Waals surface area (Å²) in [6.45, 7) is -4.86. The summed E-state index contributed by atoms with van der Waals surface area (Å²) in [6.07, 6.45) is 5.64. The van der Waals surface area contributed by atoms with Gasteiger partial charge >= 0.3 is 58.4 Å². The van der Waals surface area contributed by atoms with E-state index in [2.05, 4.69) is 4.98 Å². The van der Waals surface area contributed by atoms with Gasteiger partial charge in [0.1, 0.15) is 12.4 Å². The van der Waals surface area contributed by atoms with Crippen molar-refractivity contribution >= 4 is 18.5 Å². The van der Waals surface area contributed by atoms with Crippen molar-refractivity contribution in [2.24, 2.45) is 0 Å².